The molecule has 0 aromatic heterocycles. The number of benzene rings is 1. The average molecular weight is 377 g/mol. The van der Waals surface area contributed by atoms with Crippen LogP contribution < -0.4 is 15.4 Å². The zero-order valence-electron chi connectivity index (χ0n) is 17.5. The number of hydrogen-bond donors (Lipinski definition) is 2. The van der Waals surface area contributed by atoms with Gasteiger partial charge in [0, 0.05) is 20.1 Å². The lowest BCUT2D eigenvalue weighted by atomic mass is 10.1. The monoisotopic (exact) mass is 376 g/mol. The maximum absolute atomic E-state index is 11.9. The second kappa shape index (κ2) is 13.0. The smallest absolute Gasteiger partial charge is 0.241 e. The molecule has 0 bridgehead atoms. The van der Waals surface area contributed by atoms with Gasteiger partial charge in [-0.25, -0.2) is 4.99 Å². The number of hydrogen-bond acceptors (Lipinski definition) is 3. The number of ether oxygens (including phenoxy) is 1. The number of nitrogens with zero attached hydrogens (tertiary/aromatic N) is 2. The lowest BCUT2D eigenvalue weighted by Crippen LogP contribution is -2.46. The Morgan fingerprint density at radius 3 is 2.48 bits per heavy atom. The number of carbonyl (C=O) groups is 1. The van der Waals surface area contributed by atoms with E-state index in [1.807, 2.05) is 24.3 Å². The van der Waals surface area contributed by atoms with Crippen molar-refractivity contribution in [2.24, 2.45) is 4.99 Å². The number of aliphatic imine (C=N–C) groups is 1. The minimum Gasteiger partial charge on any atom is -0.497 e. The van der Waals surface area contributed by atoms with E-state index in [0.717, 1.165) is 17.7 Å². The number of methoxy groups -OCH3 is 1. The molecule has 2 N–H and O–H groups in total. The molecule has 1 aromatic carbocycles. The zero-order valence-corrected chi connectivity index (χ0v) is 17.5. The highest BCUT2D eigenvalue weighted by molar-refractivity contribution is 5.86. The molecule has 1 unspecified atom stereocenters. The van der Waals surface area contributed by atoms with E-state index in [0.29, 0.717) is 18.5 Å². The van der Waals surface area contributed by atoms with Gasteiger partial charge in [0.2, 0.25) is 5.91 Å². The van der Waals surface area contributed by atoms with Gasteiger partial charge in [0.05, 0.1) is 20.2 Å². The summed E-state index contributed by atoms with van der Waals surface area (Å²) in [5.74, 6) is 1.52. The van der Waals surface area contributed by atoms with Gasteiger partial charge in [0.15, 0.2) is 5.96 Å². The van der Waals surface area contributed by atoms with Crippen molar-refractivity contribution in [3.8, 4) is 5.75 Å². The van der Waals surface area contributed by atoms with E-state index in [-0.39, 0.29) is 12.5 Å². The lowest BCUT2D eigenvalue weighted by Gasteiger charge is -2.19. The van der Waals surface area contributed by atoms with E-state index in [2.05, 4.69) is 29.5 Å². The number of carbonyl (C=O) groups excluding carboxylic acids is 1. The van der Waals surface area contributed by atoms with Crippen LogP contribution >= 0.6 is 0 Å². The molecule has 0 fully saturated rings. The SMILES string of the molecule is CCCCCCC(C)NC(=NCc1ccc(OC)cc1)NCC(=O)N(C)C. The number of nitrogens with one attached hydrogen (secondary N) is 2. The molecule has 1 rings (SSSR count). The molecule has 0 aliphatic heterocycles. The van der Waals surface area contributed by atoms with Gasteiger partial charge in [0.1, 0.15) is 5.75 Å². The van der Waals surface area contributed by atoms with Crippen molar-refractivity contribution in [2.45, 2.75) is 58.5 Å². The lowest BCUT2D eigenvalue weighted by molar-refractivity contribution is -0.127. The molecule has 0 saturated heterocycles. The summed E-state index contributed by atoms with van der Waals surface area (Å²) in [5.41, 5.74) is 1.09. The van der Waals surface area contributed by atoms with Crippen molar-refractivity contribution in [1.29, 1.82) is 0 Å². The fraction of sp³-hybridized carbons (Fsp3) is 0.619. The fourth-order valence-corrected chi connectivity index (χ4v) is 2.55. The maximum atomic E-state index is 11.9. The van der Waals surface area contributed by atoms with Crippen LogP contribution in [-0.2, 0) is 11.3 Å². The molecule has 1 aromatic rings. The summed E-state index contributed by atoms with van der Waals surface area (Å²) in [6.45, 7) is 5.14. The highest BCUT2D eigenvalue weighted by Gasteiger charge is 2.09. The van der Waals surface area contributed by atoms with Gasteiger partial charge in [-0.2, -0.15) is 0 Å². The largest absolute Gasteiger partial charge is 0.497 e. The molecule has 0 saturated carbocycles. The van der Waals surface area contributed by atoms with Gasteiger partial charge in [-0.15, -0.1) is 0 Å². The summed E-state index contributed by atoms with van der Waals surface area (Å²) >= 11 is 0. The van der Waals surface area contributed by atoms with Gasteiger partial charge >= 0.3 is 0 Å². The molecule has 1 atom stereocenters. The van der Waals surface area contributed by atoms with Gasteiger partial charge in [-0.3, -0.25) is 4.79 Å². The Balaban J connectivity index is 2.65. The second-order valence-corrected chi connectivity index (χ2v) is 7.05. The van der Waals surface area contributed by atoms with Gasteiger partial charge in [-0.1, -0.05) is 44.7 Å². The van der Waals surface area contributed by atoms with Crippen LogP contribution in [0.5, 0.6) is 5.75 Å². The normalized spacial score (nSPS) is 12.4. The fourth-order valence-electron chi connectivity index (χ4n) is 2.55. The van der Waals surface area contributed by atoms with E-state index >= 15 is 0 Å². The topological polar surface area (TPSA) is 66.0 Å². The molecule has 6 heteroatoms. The predicted molar refractivity (Wildman–Crippen MR) is 112 cm³/mol. The van der Waals surface area contributed by atoms with Crippen molar-refractivity contribution in [3.05, 3.63) is 29.8 Å². The summed E-state index contributed by atoms with van der Waals surface area (Å²) < 4.78 is 5.19. The number of amides is 1. The van der Waals surface area contributed by atoms with Crippen molar-refractivity contribution < 1.29 is 9.53 Å². The van der Waals surface area contributed by atoms with Crippen LogP contribution in [0.15, 0.2) is 29.3 Å². The van der Waals surface area contributed by atoms with Crippen LogP contribution in [0.25, 0.3) is 0 Å². The Labute approximate surface area is 164 Å². The Morgan fingerprint density at radius 2 is 1.89 bits per heavy atom. The van der Waals surface area contributed by atoms with Crippen molar-refractivity contribution in [2.75, 3.05) is 27.7 Å². The van der Waals surface area contributed by atoms with Crippen LogP contribution in [0.3, 0.4) is 0 Å². The molecule has 0 heterocycles. The third-order valence-electron chi connectivity index (χ3n) is 4.36. The van der Waals surface area contributed by atoms with Gasteiger partial charge < -0.3 is 20.3 Å². The van der Waals surface area contributed by atoms with Crippen molar-refractivity contribution in [3.63, 3.8) is 0 Å². The van der Waals surface area contributed by atoms with E-state index < -0.39 is 0 Å². The second-order valence-electron chi connectivity index (χ2n) is 7.05. The first-order chi connectivity index (χ1) is 13.0. The van der Waals surface area contributed by atoms with E-state index in [1.165, 1.54) is 25.7 Å². The average Bonchev–Trinajstić information content (AvgIpc) is 2.67. The first-order valence-electron chi connectivity index (χ1n) is 9.84. The summed E-state index contributed by atoms with van der Waals surface area (Å²) in [4.78, 5) is 18.1. The van der Waals surface area contributed by atoms with Gasteiger partial charge in [0.25, 0.3) is 0 Å². The summed E-state index contributed by atoms with van der Waals surface area (Å²) in [6, 6.07) is 8.16. The summed E-state index contributed by atoms with van der Waals surface area (Å²) in [5, 5.41) is 6.57. The first kappa shape index (κ1) is 22.8. The Kier molecular flexibility index (Phi) is 11.0. The number of unbranched alkanes of at least 4 members (excludes halogenated alkanes) is 3. The van der Waals surface area contributed by atoms with Crippen LogP contribution in [0, 0.1) is 0 Å². The van der Waals surface area contributed by atoms with Crippen molar-refractivity contribution >= 4 is 11.9 Å². The van der Waals surface area contributed by atoms with Crippen LogP contribution in [0.4, 0.5) is 0 Å². The molecule has 0 aliphatic carbocycles. The van der Waals surface area contributed by atoms with Crippen LogP contribution in [-0.4, -0.2) is 50.6 Å². The number of guanidine groups is 1. The maximum Gasteiger partial charge on any atom is 0.241 e. The number of likely N-dealkylation sites (N-methyl/N-ethyl adjacent to an activating group) is 1. The molecule has 0 aliphatic rings. The minimum atomic E-state index is 0.0181. The standard InChI is InChI=1S/C21H36N4O2/c1-6-7-8-9-10-17(2)24-21(23-16-20(26)25(3)4)22-15-18-11-13-19(27-5)14-12-18/h11-14,17H,6-10,15-16H2,1-5H3,(H2,22,23,24). The zero-order chi connectivity index (χ0) is 20.1. The van der Waals surface area contributed by atoms with Crippen LogP contribution in [0.2, 0.25) is 0 Å². The van der Waals surface area contributed by atoms with E-state index in [9.17, 15) is 4.79 Å². The minimum absolute atomic E-state index is 0.0181. The molecule has 1 amide bonds. The molecular weight excluding hydrogens is 340 g/mol. The first-order valence-corrected chi connectivity index (χ1v) is 9.84. The summed E-state index contributed by atoms with van der Waals surface area (Å²) in [7, 11) is 5.16. The Hall–Kier alpha value is -2.24. The molecule has 0 spiro atoms. The molecule has 0 radical (unpaired) electrons. The number of rotatable bonds is 11. The van der Waals surface area contributed by atoms with Gasteiger partial charge in [-0.05, 0) is 31.0 Å². The highest BCUT2D eigenvalue weighted by Crippen LogP contribution is 2.12. The molecule has 152 valence electrons. The molecule has 6 nitrogen and oxygen atoms in total. The third kappa shape index (κ3) is 9.87. The van der Waals surface area contributed by atoms with Crippen LogP contribution in [0.1, 0.15) is 51.5 Å². The third-order valence-corrected chi connectivity index (χ3v) is 4.36. The van der Waals surface area contributed by atoms with E-state index in [4.69, 9.17) is 4.74 Å². The Bertz CT molecular complexity index is 570. The highest BCUT2D eigenvalue weighted by atomic mass is 16.5. The predicted octanol–water partition coefficient (Wildman–Crippen LogP) is 3.18. The Morgan fingerprint density at radius 1 is 1.19 bits per heavy atom. The van der Waals surface area contributed by atoms with E-state index in [1.54, 1.807) is 26.1 Å². The quantitative estimate of drug-likeness (QED) is 0.354. The molecule has 27 heavy (non-hydrogen) atoms. The van der Waals surface area contributed by atoms with Crippen molar-refractivity contribution in [1.82, 2.24) is 15.5 Å². The molecular formula is C21H36N4O2. The summed E-state index contributed by atoms with van der Waals surface area (Å²) in [6.07, 6.45) is 6.06.